The Hall–Kier alpha value is -0.790. The molecule has 0 aromatic carbocycles. The van der Waals surface area contributed by atoms with Crippen molar-refractivity contribution in [2.45, 2.75) is 58.5 Å². The maximum Gasteiger partial charge on any atom is 0.313 e. The number of esters is 1. The lowest BCUT2D eigenvalue weighted by Gasteiger charge is -2.23. The van der Waals surface area contributed by atoms with Crippen molar-refractivity contribution in [1.82, 2.24) is 0 Å². The van der Waals surface area contributed by atoms with E-state index in [4.69, 9.17) is 4.74 Å². The third-order valence-electron chi connectivity index (χ3n) is 2.46. The number of hydrogen-bond donors (Lipinski definition) is 0. The zero-order valence-electron chi connectivity index (χ0n) is 10.1. The van der Waals surface area contributed by atoms with Gasteiger partial charge in [0.25, 0.3) is 0 Å². The first-order valence-corrected chi connectivity index (χ1v) is 5.88. The standard InChI is InChI=1S/C13H22O2/c1-13(2,3)15-12(14)11-9-7-5-4-6-8-10-11/h7,9,11H,4-6,8,10H2,1-3H3/b9-7+. The van der Waals surface area contributed by atoms with E-state index in [1.54, 1.807) is 0 Å². The predicted octanol–water partition coefficient (Wildman–Crippen LogP) is 3.46. The van der Waals surface area contributed by atoms with E-state index < -0.39 is 0 Å². The van der Waals surface area contributed by atoms with Crippen LogP contribution in [0.25, 0.3) is 0 Å². The molecule has 1 aliphatic carbocycles. The minimum Gasteiger partial charge on any atom is -0.460 e. The van der Waals surface area contributed by atoms with Gasteiger partial charge in [-0.2, -0.15) is 0 Å². The lowest BCUT2D eigenvalue weighted by Crippen LogP contribution is -2.28. The molecule has 1 atom stereocenters. The van der Waals surface area contributed by atoms with E-state index in [2.05, 4.69) is 6.08 Å². The van der Waals surface area contributed by atoms with Gasteiger partial charge in [-0.25, -0.2) is 0 Å². The summed E-state index contributed by atoms with van der Waals surface area (Å²) in [5.41, 5.74) is -0.368. The highest BCUT2D eigenvalue weighted by atomic mass is 16.6. The zero-order chi connectivity index (χ0) is 11.3. The Morgan fingerprint density at radius 1 is 1.27 bits per heavy atom. The Bertz CT molecular complexity index is 235. The van der Waals surface area contributed by atoms with Crippen LogP contribution < -0.4 is 0 Å². The molecule has 1 aliphatic rings. The molecule has 0 saturated carbocycles. The lowest BCUT2D eigenvalue weighted by molar-refractivity contribution is -0.158. The van der Waals surface area contributed by atoms with Crippen molar-refractivity contribution >= 4 is 5.97 Å². The maximum atomic E-state index is 11.8. The summed E-state index contributed by atoms with van der Waals surface area (Å²) < 4.78 is 5.38. The number of allylic oxidation sites excluding steroid dienone is 1. The highest BCUT2D eigenvalue weighted by molar-refractivity contribution is 5.74. The van der Waals surface area contributed by atoms with Gasteiger partial charge in [-0.3, -0.25) is 4.79 Å². The van der Waals surface area contributed by atoms with Crippen molar-refractivity contribution in [1.29, 1.82) is 0 Å². The molecular formula is C13H22O2. The van der Waals surface area contributed by atoms with Crippen LogP contribution in [-0.2, 0) is 9.53 Å². The summed E-state index contributed by atoms with van der Waals surface area (Å²) in [6.07, 6.45) is 9.78. The van der Waals surface area contributed by atoms with Gasteiger partial charge in [-0.15, -0.1) is 0 Å². The summed E-state index contributed by atoms with van der Waals surface area (Å²) in [7, 11) is 0. The highest BCUT2D eigenvalue weighted by Gasteiger charge is 2.23. The Kier molecular flexibility index (Phi) is 4.37. The van der Waals surface area contributed by atoms with E-state index in [0.29, 0.717) is 0 Å². The first kappa shape index (κ1) is 12.3. The van der Waals surface area contributed by atoms with Gasteiger partial charge in [0.2, 0.25) is 0 Å². The van der Waals surface area contributed by atoms with Gasteiger partial charge in [0.15, 0.2) is 0 Å². The van der Waals surface area contributed by atoms with E-state index in [1.165, 1.54) is 12.8 Å². The smallest absolute Gasteiger partial charge is 0.313 e. The second kappa shape index (κ2) is 5.34. The van der Waals surface area contributed by atoms with Gasteiger partial charge < -0.3 is 4.74 Å². The first-order valence-electron chi connectivity index (χ1n) is 5.88. The number of rotatable bonds is 1. The summed E-state index contributed by atoms with van der Waals surface area (Å²) >= 11 is 0. The fraction of sp³-hybridized carbons (Fsp3) is 0.769. The monoisotopic (exact) mass is 210 g/mol. The summed E-state index contributed by atoms with van der Waals surface area (Å²) in [4.78, 5) is 11.8. The molecular weight excluding hydrogens is 188 g/mol. The van der Waals surface area contributed by atoms with Crippen LogP contribution in [0.1, 0.15) is 52.9 Å². The molecule has 0 amide bonds. The van der Waals surface area contributed by atoms with Crippen LogP contribution in [0.5, 0.6) is 0 Å². The second-order valence-corrected chi connectivity index (χ2v) is 5.21. The van der Waals surface area contributed by atoms with Crippen LogP contribution in [-0.4, -0.2) is 11.6 Å². The molecule has 15 heavy (non-hydrogen) atoms. The van der Waals surface area contributed by atoms with E-state index in [0.717, 1.165) is 19.3 Å². The normalized spacial score (nSPS) is 25.1. The van der Waals surface area contributed by atoms with Gasteiger partial charge in [0.1, 0.15) is 5.60 Å². The van der Waals surface area contributed by atoms with Crippen LogP contribution in [0.15, 0.2) is 12.2 Å². The molecule has 0 bridgehead atoms. The highest BCUT2D eigenvalue weighted by Crippen LogP contribution is 2.20. The van der Waals surface area contributed by atoms with Crippen molar-refractivity contribution in [3.05, 3.63) is 12.2 Å². The second-order valence-electron chi connectivity index (χ2n) is 5.21. The average molecular weight is 210 g/mol. The van der Waals surface area contributed by atoms with E-state index >= 15 is 0 Å². The van der Waals surface area contributed by atoms with Crippen LogP contribution >= 0.6 is 0 Å². The number of carbonyl (C=O) groups excluding carboxylic acids is 1. The first-order chi connectivity index (χ1) is 6.99. The van der Waals surface area contributed by atoms with E-state index in [-0.39, 0.29) is 17.5 Å². The summed E-state index contributed by atoms with van der Waals surface area (Å²) in [5, 5.41) is 0. The van der Waals surface area contributed by atoms with Gasteiger partial charge >= 0.3 is 5.97 Å². The van der Waals surface area contributed by atoms with E-state index in [9.17, 15) is 4.79 Å². The topological polar surface area (TPSA) is 26.3 Å². The SMILES string of the molecule is CC(C)(C)OC(=O)C1/C=C/CCCCC1. The molecule has 1 unspecified atom stereocenters. The fourth-order valence-electron chi connectivity index (χ4n) is 1.73. The predicted molar refractivity (Wildman–Crippen MR) is 61.6 cm³/mol. The Balaban J connectivity index is 2.52. The van der Waals surface area contributed by atoms with Gasteiger partial charge in [-0.1, -0.05) is 25.0 Å². The molecule has 0 spiro atoms. The number of hydrogen-bond acceptors (Lipinski definition) is 2. The van der Waals surface area contributed by atoms with Gasteiger partial charge in [-0.05, 0) is 40.0 Å². The zero-order valence-corrected chi connectivity index (χ0v) is 10.1. The molecule has 2 nitrogen and oxygen atoms in total. The summed E-state index contributed by atoms with van der Waals surface area (Å²) in [5.74, 6) is -0.0924. The Morgan fingerprint density at radius 3 is 2.67 bits per heavy atom. The van der Waals surface area contributed by atoms with Crippen molar-refractivity contribution in [3.63, 3.8) is 0 Å². The molecule has 0 fully saturated rings. The van der Waals surface area contributed by atoms with Crippen LogP contribution in [0.2, 0.25) is 0 Å². The molecule has 1 rings (SSSR count). The third-order valence-corrected chi connectivity index (χ3v) is 2.46. The van der Waals surface area contributed by atoms with Crippen LogP contribution in [0.3, 0.4) is 0 Å². The molecule has 0 aromatic rings. The largest absolute Gasteiger partial charge is 0.460 e. The minimum absolute atomic E-state index is 0.0236. The fourth-order valence-corrected chi connectivity index (χ4v) is 1.73. The minimum atomic E-state index is -0.368. The van der Waals surface area contributed by atoms with Crippen LogP contribution in [0.4, 0.5) is 0 Å². The van der Waals surface area contributed by atoms with E-state index in [1.807, 2.05) is 26.8 Å². The Labute approximate surface area is 92.7 Å². The number of ether oxygens (including phenoxy) is 1. The lowest BCUT2D eigenvalue weighted by atomic mass is 9.96. The van der Waals surface area contributed by atoms with Crippen LogP contribution in [0, 0.1) is 5.92 Å². The molecule has 0 heterocycles. The van der Waals surface area contributed by atoms with Crippen molar-refractivity contribution in [3.8, 4) is 0 Å². The number of carbonyl (C=O) groups is 1. The van der Waals surface area contributed by atoms with Crippen molar-refractivity contribution in [2.24, 2.45) is 5.92 Å². The summed E-state index contributed by atoms with van der Waals surface area (Å²) in [6, 6.07) is 0. The third kappa shape index (κ3) is 5.01. The van der Waals surface area contributed by atoms with Gasteiger partial charge in [0.05, 0.1) is 5.92 Å². The Morgan fingerprint density at radius 2 is 2.00 bits per heavy atom. The summed E-state index contributed by atoms with van der Waals surface area (Å²) in [6.45, 7) is 5.74. The molecule has 0 radical (unpaired) electrons. The average Bonchev–Trinajstić information content (AvgIpc) is 1.98. The van der Waals surface area contributed by atoms with Gasteiger partial charge in [0, 0.05) is 0 Å². The molecule has 86 valence electrons. The molecule has 0 aromatic heterocycles. The maximum absolute atomic E-state index is 11.8. The molecule has 0 saturated heterocycles. The quantitative estimate of drug-likeness (QED) is 0.489. The van der Waals surface area contributed by atoms with Crippen molar-refractivity contribution < 1.29 is 9.53 Å². The molecule has 2 heteroatoms. The molecule has 0 aliphatic heterocycles. The van der Waals surface area contributed by atoms with Crippen molar-refractivity contribution in [2.75, 3.05) is 0 Å². The molecule has 0 N–H and O–H groups in total.